The minimum absolute atomic E-state index is 0.217. The predicted octanol–water partition coefficient (Wildman–Crippen LogP) is 2.42. The van der Waals surface area contributed by atoms with Gasteiger partial charge in [-0.1, -0.05) is 10.2 Å². The Balaban J connectivity index is 2.61. The molecule has 9 nitrogen and oxygen atoms in total. The third-order valence-electron chi connectivity index (χ3n) is 2.78. The minimum atomic E-state index is -0.465. The van der Waals surface area contributed by atoms with Gasteiger partial charge >= 0.3 is 0 Å². The summed E-state index contributed by atoms with van der Waals surface area (Å²) in [6.45, 7) is 0.434. The SMILES string of the molecule is [N-]=[N+]=NC1=C(O)[C@H]2COC[C@H]2C(O)=C1N=[N+]=[N-]. The van der Waals surface area contributed by atoms with E-state index in [-0.39, 0.29) is 36.1 Å². The van der Waals surface area contributed by atoms with Gasteiger partial charge in [-0.2, -0.15) is 0 Å². The molecule has 1 saturated heterocycles. The number of fused-ring (bicyclic) bond motifs is 1. The van der Waals surface area contributed by atoms with Crippen molar-refractivity contribution in [1.29, 1.82) is 0 Å². The number of hydrogen-bond acceptors (Lipinski definition) is 5. The first-order valence-corrected chi connectivity index (χ1v) is 4.75. The predicted molar refractivity (Wildman–Crippen MR) is 55.4 cm³/mol. The third-order valence-corrected chi connectivity index (χ3v) is 2.78. The normalized spacial score (nSPS) is 27.3. The highest BCUT2D eigenvalue weighted by atomic mass is 16.5. The number of aliphatic hydroxyl groups excluding tert-OH is 2. The van der Waals surface area contributed by atoms with Crippen molar-refractivity contribution in [2.75, 3.05) is 13.2 Å². The Hall–Kier alpha value is -2.34. The third kappa shape index (κ3) is 1.64. The molecule has 0 radical (unpaired) electrons. The molecule has 0 saturated carbocycles. The lowest BCUT2D eigenvalue weighted by Crippen LogP contribution is -2.23. The van der Waals surface area contributed by atoms with Crippen LogP contribution in [0.1, 0.15) is 0 Å². The maximum Gasteiger partial charge on any atom is 0.109 e. The van der Waals surface area contributed by atoms with Gasteiger partial charge in [0, 0.05) is 9.82 Å². The second-order valence-electron chi connectivity index (χ2n) is 3.60. The van der Waals surface area contributed by atoms with Gasteiger partial charge in [-0.3, -0.25) is 0 Å². The van der Waals surface area contributed by atoms with E-state index in [1.807, 2.05) is 0 Å². The van der Waals surface area contributed by atoms with Gasteiger partial charge in [0.05, 0.1) is 36.4 Å². The van der Waals surface area contributed by atoms with Crippen molar-refractivity contribution in [2.45, 2.75) is 0 Å². The van der Waals surface area contributed by atoms with E-state index in [1.165, 1.54) is 0 Å². The van der Waals surface area contributed by atoms with Gasteiger partial charge in [-0.25, -0.2) is 0 Å². The number of ether oxygens (including phenoxy) is 1. The quantitative estimate of drug-likeness (QED) is 0.430. The second kappa shape index (κ2) is 4.26. The Morgan fingerprint density at radius 1 is 1.00 bits per heavy atom. The Bertz CT molecular complexity index is 465. The molecule has 9 heteroatoms. The fourth-order valence-electron chi connectivity index (χ4n) is 1.97. The van der Waals surface area contributed by atoms with Crippen molar-refractivity contribution < 1.29 is 14.9 Å². The Morgan fingerprint density at radius 3 is 1.76 bits per heavy atom. The van der Waals surface area contributed by atoms with E-state index in [0.29, 0.717) is 0 Å². The molecule has 1 fully saturated rings. The summed E-state index contributed by atoms with van der Waals surface area (Å²) >= 11 is 0. The topological polar surface area (TPSA) is 147 Å². The molecule has 0 bridgehead atoms. The summed E-state index contributed by atoms with van der Waals surface area (Å²) in [6.07, 6.45) is 0. The fourth-order valence-corrected chi connectivity index (χ4v) is 1.97. The van der Waals surface area contributed by atoms with Gasteiger partial charge in [0.25, 0.3) is 0 Å². The second-order valence-corrected chi connectivity index (χ2v) is 3.60. The lowest BCUT2D eigenvalue weighted by molar-refractivity contribution is 0.177. The minimum Gasteiger partial charge on any atom is -0.511 e. The number of azide groups is 2. The van der Waals surface area contributed by atoms with Gasteiger partial charge in [-0.15, -0.1) is 0 Å². The zero-order valence-electron chi connectivity index (χ0n) is 8.55. The van der Waals surface area contributed by atoms with Crippen LogP contribution in [0.5, 0.6) is 0 Å². The van der Waals surface area contributed by atoms with Crippen LogP contribution < -0.4 is 0 Å². The van der Waals surface area contributed by atoms with Crippen LogP contribution in [0.2, 0.25) is 0 Å². The van der Waals surface area contributed by atoms with Crippen LogP contribution >= 0.6 is 0 Å². The molecule has 0 amide bonds. The van der Waals surface area contributed by atoms with Crippen LogP contribution in [0.4, 0.5) is 0 Å². The van der Waals surface area contributed by atoms with Crippen LogP contribution in [0.25, 0.3) is 20.9 Å². The fraction of sp³-hybridized carbons (Fsp3) is 0.500. The first-order chi connectivity index (χ1) is 8.20. The molecule has 1 heterocycles. The zero-order chi connectivity index (χ0) is 12.4. The maximum atomic E-state index is 9.89. The van der Waals surface area contributed by atoms with Crippen molar-refractivity contribution >= 4 is 0 Å². The van der Waals surface area contributed by atoms with Crippen molar-refractivity contribution in [3.05, 3.63) is 43.8 Å². The summed E-state index contributed by atoms with van der Waals surface area (Å²) in [7, 11) is 0. The number of nitrogens with zero attached hydrogens (tertiary/aromatic N) is 6. The molecule has 1 aliphatic heterocycles. The monoisotopic (exact) mass is 236 g/mol. The maximum absolute atomic E-state index is 9.89. The molecule has 2 atom stereocenters. The molecule has 1 aliphatic carbocycles. The van der Waals surface area contributed by atoms with Gasteiger partial charge in [0.1, 0.15) is 11.5 Å². The molecule has 17 heavy (non-hydrogen) atoms. The highest BCUT2D eigenvalue weighted by Crippen LogP contribution is 2.41. The van der Waals surface area contributed by atoms with Crippen molar-refractivity contribution in [3.63, 3.8) is 0 Å². The van der Waals surface area contributed by atoms with Gasteiger partial charge in [0.15, 0.2) is 0 Å². The molecule has 2 rings (SSSR count). The molecule has 0 spiro atoms. The standard InChI is InChI=1S/C8H8N6O3/c9-13-11-5-6(12-14-10)8(16)4-2-17-1-3(4)7(5)15/h3-4,15-16H,1-2H2/t3-,4+. The van der Waals surface area contributed by atoms with Crippen molar-refractivity contribution in [3.8, 4) is 0 Å². The van der Waals surface area contributed by atoms with Crippen LogP contribution in [0.3, 0.4) is 0 Å². The summed E-state index contributed by atoms with van der Waals surface area (Å²) in [5.74, 6) is -1.36. The van der Waals surface area contributed by atoms with Crippen molar-refractivity contribution in [1.82, 2.24) is 0 Å². The summed E-state index contributed by atoms with van der Waals surface area (Å²) in [5.41, 5.74) is 16.3. The van der Waals surface area contributed by atoms with E-state index >= 15 is 0 Å². The Labute approximate surface area is 94.9 Å². The molecule has 0 unspecified atom stereocenters. The molecule has 0 aromatic rings. The number of hydrogen-bond donors (Lipinski definition) is 2. The van der Waals surface area contributed by atoms with Gasteiger partial charge < -0.3 is 14.9 Å². The molecule has 0 aromatic carbocycles. The van der Waals surface area contributed by atoms with Crippen LogP contribution in [0.15, 0.2) is 33.1 Å². The van der Waals surface area contributed by atoms with Crippen LogP contribution in [0, 0.1) is 11.8 Å². The smallest absolute Gasteiger partial charge is 0.109 e. The average Bonchev–Trinajstić information content (AvgIpc) is 2.80. The lowest BCUT2D eigenvalue weighted by Gasteiger charge is -2.24. The summed E-state index contributed by atoms with van der Waals surface area (Å²) in [5, 5.41) is 26.3. The Kier molecular flexibility index (Phi) is 2.80. The highest BCUT2D eigenvalue weighted by Gasteiger charge is 2.41. The molecule has 2 N–H and O–H groups in total. The number of aliphatic hydroxyl groups is 2. The van der Waals surface area contributed by atoms with E-state index in [4.69, 9.17) is 15.8 Å². The first kappa shape index (κ1) is 11.2. The first-order valence-electron chi connectivity index (χ1n) is 4.75. The van der Waals surface area contributed by atoms with E-state index in [2.05, 4.69) is 20.1 Å². The summed E-state index contributed by atoms with van der Waals surface area (Å²) < 4.78 is 5.13. The van der Waals surface area contributed by atoms with E-state index in [0.717, 1.165) is 0 Å². The molecule has 0 aromatic heterocycles. The largest absolute Gasteiger partial charge is 0.511 e. The van der Waals surface area contributed by atoms with E-state index < -0.39 is 11.8 Å². The molecule has 88 valence electrons. The zero-order valence-corrected chi connectivity index (χ0v) is 8.55. The summed E-state index contributed by atoms with van der Waals surface area (Å²) in [6, 6.07) is 0. The molecular weight excluding hydrogens is 228 g/mol. The molecule has 2 aliphatic rings. The van der Waals surface area contributed by atoms with Gasteiger partial charge in [0.2, 0.25) is 0 Å². The van der Waals surface area contributed by atoms with E-state index in [9.17, 15) is 10.2 Å². The highest BCUT2D eigenvalue weighted by molar-refractivity contribution is 5.40. The Morgan fingerprint density at radius 2 is 1.41 bits per heavy atom. The average molecular weight is 236 g/mol. The van der Waals surface area contributed by atoms with E-state index in [1.54, 1.807) is 0 Å². The van der Waals surface area contributed by atoms with Crippen LogP contribution in [-0.2, 0) is 4.74 Å². The van der Waals surface area contributed by atoms with Crippen molar-refractivity contribution in [2.24, 2.45) is 22.1 Å². The summed E-state index contributed by atoms with van der Waals surface area (Å²) in [4.78, 5) is 5.06. The molecular formula is C8H8N6O3. The van der Waals surface area contributed by atoms with Gasteiger partial charge in [-0.05, 0) is 11.1 Å². The lowest BCUT2D eigenvalue weighted by atomic mass is 9.86. The van der Waals surface area contributed by atoms with Crippen LogP contribution in [-0.4, -0.2) is 23.4 Å². The number of rotatable bonds is 2.